The van der Waals surface area contributed by atoms with Gasteiger partial charge in [0.25, 0.3) is 5.56 Å². The van der Waals surface area contributed by atoms with Gasteiger partial charge in [-0.15, -0.1) is 0 Å². The molecule has 1 aliphatic rings. The number of carbonyl (C=O) groups is 1. The maximum absolute atomic E-state index is 12.0. The highest BCUT2D eigenvalue weighted by atomic mass is 16.1. The van der Waals surface area contributed by atoms with Gasteiger partial charge in [0.15, 0.2) is 5.82 Å². The van der Waals surface area contributed by atoms with E-state index in [1.54, 1.807) is 17.0 Å². The lowest BCUT2D eigenvalue weighted by atomic mass is 10.1. The Labute approximate surface area is 105 Å². The highest BCUT2D eigenvalue weighted by Gasteiger charge is 2.19. The molecule has 6 nitrogen and oxygen atoms in total. The van der Waals surface area contributed by atoms with E-state index in [4.69, 9.17) is 0 Å². The summed E-state index contributed by atoms with van der Waals surface area (Å²) in [4.78, 5) is 27.2. The lowest BCUT2D eigenvalue weighted by Crippen LogP contribution is -2.43. The molecule has 1 aromatic heterocycles. The number of carbonyl (C=O) groups excluding carboxylic acids is 1. The van der Waals surface area contributed by atoms with Gasteiger partial charge in [-0.05, 0) is 12.8 Å². The highest BCUT2D eigenvalue weighted by Crippen LogP contribution is 2.07. The van der Waals surface area contributed by atoms with Crippen LogP contribution in [0.4, 0.5) is 5.82 Å². The van der Waals surface area contributed by atoms with Crippen molar-refractivity contribution in [2.45, 2.75) is 38.8 Å². The lowest BCUT2D eigenvalue weighted by Gasteiger charge is -2.23. The second kappa shape index (κ2) is 5.66. The van der Waals surface area contributed by atoms with Crippen LogP contribution in [0.5, 0.6) is 0 Å². The summed E-state index contributed by atoms with van der Waals surface area (Å²) in [5, 5.41) is 5.88. The van der Waals surface area contributed by atoms with Crippen molar-refractivity contribution in [3.8, 4) is 0 Å². The van der Waals surface area contributed by atoms with Crippen molar-refractivity contribution in [3.05, 3.63) is 22.7 Å². The summed E-state index contributed by atoms with van der Waals surface area (Å²) in [6, 6.07) is 0.0837. The maximum atomic E-state index is 12.0. The van der Waals surface area contributed by atoms with Gasteiger partial charge < -0.3 is 15.2 Å². The normalized spacial score (nSPS) is 19.4. The second-order valence-electron chi connectivity index (χ2n) is 4.46. The van der Waals surface area contributed by atoms with Crippen molar-refractivity contribution in [1.82, 2.24) is 14.9 Å². The zero-order valence-corrected chi connectivity index (χ0v) is 10.5. The third kappa shape index (κ3) is 2.88. The summed E-state index contributed by atoms with van der Waals surface area (Å²) >= 11 is 0. The average molecular weight is 250 g/mol. The van der Waals surface area contributed by atoms with E-state index in [0.717, 1.165) is 12.8 Å². The van der Waals surface area contributed by atoms with Gasteiger partial charge in [0.2, 0.25) is 5.91 Å². The molecule has 1 saturated heterocycles. The number of hydrogen-bond acceptors (Lipinski definition) is 4. The largest absolute Gasteiger partial charge is 0.361 e. The molecule has 2 rings (SSSR count). The van der Waals surface area contributed by atoms with Crippen molar-refractivity contribution >= 4 is 11.7 Å². The minimum absolute atomic E-state index is 0.0671. The van der Waals surface area contributed by atoms with Crippen molar-refractivity contribution in [2.24, 2.45) is 0 Å². The minimum atomic E-state index is -0.101. The Balaban J connectivity index is 2.07. The average Bonchev–Trinajstić information content (AvgIpc) is 2.37. The van der Waals surface area contributed by atoms with Crippen LogP contribution in [0.15, 0.2) is 17.2 Å². The molecule has 1 amide bonds. The van der Waals surface area contributed by atoms with E-state index in [-0.39, 0.29) is 17.5 Å². The number of piperidine rings is 1. The van der Waals surface area contributed by atoms with Crippen LogP contribution in [0.2, 0.25) is 0 Å². The van der Waals surface area contributed by atoms with Crippen molar-refractivity contribution < 1.29 is 4.79 Å². The van der Waals surface area contributed by atoms with Crippen molar-refractivity contribution in [1.29, 1.82) is 0 Å². The smallest absolute Gasteiger partial charge is 0.293 e. The molecule has 0 radical (unpaired) electrons. The number of nitrogens with one attached hydrogen (secondary N) is 2. The first-order chi connectivity index (χ1) is 8.70. The molecule has 0 aliphatic carbocycles. The second-order valence-corrected chi connectivity index (χ2v) is 4.46. The van der Waals surface area contributed by atoms with Gasteiger partial charge in [0.05, 0.1) is 0 Å². The molecule has 0 aromatic carbocycles. The molecular weight excluding hydrogens is 232 g/mol. The van der Waals surface area contributed by atoms with Gasteiger partial charge in [0.1, 0.15) is 0 Å². The van der Waals surface area contributed by atoms with E-state index >= 15 is 0 Å². The predicted molar refractivity (Wildman–Crippen MR) is 68.4 cm³/mol. The topological polar surface area (TPSA) is 76.0 Å². The molecule has 2 N–H and O–H groups in total. The predicted octanol–water partition coefficient (Wildman–Crippen LogP) is 0.344. The first-order valence-electron chi connectivity index (χ1n) is 6.29. The molecule has 1 aliphatic heterocycles. The Hall–Kier alpha value is -1.85. The number of amides is 1. The molecule has 98 valence electrons. The van der Waals surface area contributed by atoms with Crippen molar-refractivity contribution in [3.63, 3.8) is 0 Å². The highest BCUT2D eigenvalue weighted by molar-refractivity contribution is 5.76. The number of anilines is 1. The third-order valence-corrected chi connectivity index (χ3v) is 2.98. The fraction of sp³-hybridized carbons (Fsp3) is 0.583. The first-order valence-corrected chi connectivity index (χ1v) is 6.29. The molecule has 0 saturated carbocycles. The molecule has 6 heteroatoms. The lowest BCUT2D eigenvalue weighted by molar-refractivity contribution is -0.122. The number of aryl methyl sites for hydroxylation is 1. The van der Waals surface area contributed by atoms with Crippen LogP contribution >= 0.6 is 0 Å². The summed E-state index contributed by atoms with van der Waals surface area (Å²) < 4.78 is 1.65. The van der Waals surface area contributed by atoms with E-state index in [9.17, 15) is 9.59 Å². The van der Waals surface area contributed by atoms with Crippen LogP contribution in [-0.4, -0.2) is 28.0 Å². The molecule has 1 fully saturated rings. The Morgan fingerprint density at radius 3 is 3.06 bits per heavy atom. The van der Waals surface area contributed by atoms with Gasteiger partial charge >= 0.3 is 0 Å². The fourth-order valence-corrected chi connectivity index (χ4v) is 2.01. The SMILES string of the molecule is CCCn1ccnc(NC2CCC(=O)NC2)c1=O. The van der Waals surface area contributed by atoms with Gasteiger partial charge in [-0.1, -0.05) is 6.92 Å². The Morgan fingerprint density at radius 1 is 1.56 bits per heavy atom. The fourth-order valence-electron chi connectivity index (χ4n) is 2.01. The van der Waals surface area contributed by atoms with Gasteiger partial charge in [-0.3, -0.25) is 9.59 Å². The van der Waals surface area contributed by atoms with E-state index in [1.807, 2.05) is 6.92 Å². The van der Waals surface area contributed by atoms with E-state index in [2.05, 4.69) is 15.6 Å². The molecule has 2 heterocycles. The number of nitrogens with zero attached hydrogens (tertiary/aromatic N) is 2. The van der Waals surface area contributed by atoms with Crippen LogP contribution in [0.25, 0.3) is 0 Å². The Kier molecular flexibility index (Phi) is 3.96. The quantitative estimate of drug-likeness (QED) is 0.808. The van der Waals surface area contributed by atoms with Crippen molar-refractivity contribution in [2.75, 3.05) is 11.9 Å². The van der Waals surface area contributed by atoms with Gasteiger partial charge in [0, 0.05) is 37.9 Å². The maximum Gasteiger partial charge on any atom is 0.293 e. The monoisotopic (exact) mass is 250 g/mol. The summed E-state index contributed by atoms with van der Waals surface area (Å²) in [5.74, 6) is 0.435. The number of aromatic nitrogens is 2. The van der Waals surface area contributed by atoms with Crippen LogP contribution < -0.4 is 16.2 Å². The Bertz CT molecular complexity index is 473. The van der Waals surface area contributed by atoms with Crippen LogP contribution in [0, 0.1) is 0 Å². The number of hydrogen-bond donors (Lipinski definition) is 2. The van der Waals surface area contributed by atoms with Gasteiger partial charge in [-0.25, -0.2) is 4.98 Å². The summed E-state index contributed by atoms with van der Waals surface area (Å²) in [5.41, 5.74) is -0.101. The zero-order chi connectivity index (χ0) is 13.0. The molecule has 1 aromatic rings. The van der Waals surface area contributed by atoms with E-state index in [1.165, 1.54) is 0 Å². The molecule has 0 bridgehead atoms. The number of rotatable bonds is 4. The van der Waals surface area contributed by atoms with E-state index < -0.39 is 0 Å². The molecular formula is C12H18N4O2. The molecule has 18 heavy (non-hydrogen) atoms. The van der Waals surface area contributed by atoms with Crippen LogP contribution in [-0.2, 0) is 11.3 Å². The Morgan fingerprint density at radius 2 is 2.39 bits per heavy atom. The summed E-state index contributed by atoms with van der Waals surface area (Å²) in [7, 11) is 0. The first kappa shape index (κ1) is 12.6. The minimum Gasteiger partial charge on any atom is -0.361 e. The standard InChI is InChI=1S/C12H18N4O2/c1-2-6-16-7-5-13-11(12(16)18)15-9-3-4-10(17)14-8-9/h5,7,9H,2-4,6,8H2,1H3,(H,13,15)(H,14,17). The van der Waals surface area contributed by atoms with Crippen LogP contribution in [0.3, 0.4) is 0 Å². The molecule has 1 atom stereocenters. The molecule has 0 spiro atoms. The molecule has 1 unspecified atom stereocenters. The summed E-state index contributed by atoms with van der Waals surface area (Å²) in [6.07, 6.45) is 5.45. The zero-order valence-electron chi connectivity index (χ0n) is 10.5. The van der Waals surface area contributed by atoms with Gasteiger partial charge in [-0.2, -0.15) is 0 Å². The van der Waals surface area contributed by atoms with E-state index in [0.29, 0.717) is 25.3 Å². The third-order valence-electron chi connectivity index (χ3n) is 2.98. The summed E-state index contributed by atoms with van der Waals surface area (Å²) in [6.45, 7) is 3.26. The van der Waals surface area contributed by atoms with Crippen LogP contribution in [0.1, 0.15) is 26.2 Å².